The molecule has 0 rings (SSSR count). The van der Waals surface area contributed by atoms with Crippen LogP contribution in [-0.2, 0) is 0 Å². The fourth-order valence-corrected chi connectivity index (χ4v) is 1.80. The number of aliphatic hydroxyl groups is 1. The summed E-state index contributed by atoms with van der Waals surface area (Å²) in [5, 5.41) is 19.9. The molecule has 0 aliphatic carbocycles. The first-order valence-corrected chi connectivity index (χ1v) is 5.01. The van der Waals surface area contributed by atoms with Crippen molar-refractivity contribution < 1.29 is 10.3 Å². The van der Waals surface area contributed by atoms with Crippen molar-refractivity contribution in [1.29, 1.82) is 0 Å². The summed E-state index contributed by atoms with van der Waals surface area (Å²) in [5.41, 5.74) is 5.43. The fourth-order valence-electron chi connectivity index (χ4n) is 0.767. The SMILES string of the molecule is CCC(SCCCO)C(N)=NO. The van der Waals surface area contributed by atoms with Gasteiger partial charge in [0.25, 0.3) is 0 Å². The molecule has 0 aromatic carbocycles. The lowest BCUT2D eigenvalue weighted by Crippen LogP contribution is -2.26. The second-order valence-electron chi connectivity index (χ2n) is 2.37. The molecule has 5 heteroatoms. The van der Waals surface area contributed by atoms with E-state index in [1.54, 1.807) is 11.8 Å². The van der Waals surface area contributed by atoms with Crippen molar-refractivity contribution in [2.45, 2.75) is 25.0 Å². The summed E-state index contributed by atoms with van der Waals surface area (Å²) in [7, 11) is 0. The molecule has 72 valence electrons. The Morgan fingerprint density at radius 1 is 1.67 bits per heavy atom. The lowest BCUT2D eigenvalue weighted by Gasteiger charge is -2.11. The first-order valence-electron chi connectivity index (χ1n) is 3.96. The molecule has 0 aromatic rings. The maximum absolute atomic E-state index is 8.52. The van der Waals surface area contributed by atoms with Crippen molar-refractivity contribution in [3.8, 4) is 0 Å². The van der Waals surface area contributed by atoms with Crippen molar-refractivity contribution in [3.05, 3.63) is 0 Å². The first-order chi connectivity index (χ1) is 5.76. The number of nitrogens with two attached hydrogens (primary N) is 1. The van der Waals surface area contributed by atoms with Crippen LogP contribution in [0, 0.1) is 0 Å². The largest absolute Gasteiger partial charge is 0.409 e. The highest BCUT2D eigenvalue weighted by Gasteiger charge is 2.10. The predicted octanol–water partition coefficient (Wildman–Crippen LogP) is 0.627. The summed E-state index contributed by atoms with van der Waals surface area (Å²) in [6.07, 6.45) is 1.59. The standard InChI is InChI=1S/C7H16N2O2S/c1-2-6(7(8)9-11)12-5-3-4-10/h6,10-11H,2-5H2,1H3,(H2,8,9). The van der Waals surface area contributed by atoms with Gasteiger partial charge in [0, 0.05) is 6.61 Å². The molecule has 0 aromatic heterocycles. The number of hydrogen-bond donors (Lipinski definition) is 3. The third-order valence-corrected chi connectivity index (χ3v) is 2.94. The molecule has 0 saturated carbocycles. The molecule has 0 saturated heterocycles. The van der Waals surface area contributed by atoms with E-state index in [0.717, 1.165) is 18.6 Å². The molecular formula is C7H16N2O2S. The number of oxime groups is 1. The van der Waals surface area contributed by atoms with Crippen molar-refractivity contribution >= 4 is 17.6 Å². The zero-order valence-corrected chi connectivity index (χ0v) is 8.05. The summed E-state index contributed by atoms with van der Waals surface area (Å²) >= 11 is 1.60. The van der Waals surface area contributed by atoms with E-state index in [2.05, 4.69) is 5.16 Å². The molecule has 0 spiro atoms. The van der Waals surface area contributed by atoms with Gasteiger partial charge in [-0.05, 0) is 18.6 Å². The quantitative estimate of drug-likeness (QED) is 0.189. The monoisotopic (exact) mass is 192 g/mol. The van der Waals surface area contributed by atoms with E-state index < -0.39 is 0 Å². The molecule has 1 unspecified atom stereocenters. The van der Waals surface area contributed by atoms with Crippen LogP contribution in [0.1, 0.15) is 19.8 Å². The number of thioether (sulfide) groups is 1. The summed E-state index contributed by atoms with van der Waals surface area (Å²) < 4.78 is 0. The van der Waals surface area contributed by atoms with Gasteiger partial charge in [-0.2, -0.15) is 11.8 Å². The Balaban J connectivity index is 3.68. The lowest BCUT2D eigenvalue weighted by atomic mass is 10.3. The number of amidine groups is 1. The molecule has 0 aliphatic rings. The summed E-state index contributed by atoms with van der Waals surface area (Å²) in [4.78, 5) is 0. The summed E-state index contributed by atoms with van der Waals surface area (Å²) in [5.74, 6) is 1.10. The maximum Gasteiger partial charge on any atom is 0.152 e. The van der Waals surface area contributed by atoms with E-state index in [0.29, 0.717) is 0 Å². The zero-order chi connectivity index (χ0) is 9.40. The van der Waals surface area contributed by atoms with E-state index in [1.807, 2.05) is 6.92 Å². The zero-order valence-electron chi connectivity index (χ0n) is 7.23. The first kappa shape index (κ1) is 11.6. The number of nitrogens with zero attached hydrogens (tertiary/aromatic N) is 1. The minimum absolute atomic E-state index is 0.0709. The molecule has 12 heavy (non-hydrogen) atoms. The van der Waals surface area contributed by atoms with Crippen LogP contribution in [0.25, 0.3) is 0 Å². The highest BCUT2D eigenvalue weighted by Crippen LogP contribution is 2.15. The Bertz CT molecular complexity index is 141. The molecule has 0 bridgehead atoms. The molecule has 0 radical (unpaired) electrons. The molecule has 0 heterocycles. The minimum Gasteiger partial charge on any atom is -0.409 e. The Kier molecular flexibility index (Phi) is 6.99. The normalized spacial score (nSPS) is 14.7. The highest BCUT2D eigenvalue weighted by atomic mass is 32.2. The molecule has 4 nitrogen and oxygen atoms in total. The average molecular weight is 192 g/mol. The predicted molar refractivity (Wildman–Crippen MR) is 51.6 cm³/mol. The van der Waals surface area contributed by atoms with Crippen LogP contribution in [0.5, 0.6) is 0 Å². The van der Waals surface area contributed by atoms with Crippen LogP contribution in [0.4, 0.5) is 0 Å². The van der Waals surface area contributed by atoms with Gasteiger partial charge < -0.3 is 16.0 Å². The topological polar surface area (TPSA) is 78.8 Å². The van der Waals surface area contributed by atoms with Crippen LogP contribution < -0.4 is 5.73 Å². The van der Waals surface area contributed by atoms with Crippen molar-refractivity contribution in [1.82, 2.24) is 0 Å². The Labute approximate surface area is 76.8 Å². The van der Waals surface area contributed by atoms with Crippen molar-refractivity contribution in [2.75, 3.05) is 12.4 Å². The third-order valence-electron chi connectivity index (χ3n) is 1.44. The van der Waals surface area contributed by atoms with Gasteiger partial charge in [0.05, 0.1) is 5.25 Å². The molecule has 1 atom stereocenters. The molecular weight excluding hydrogens is 176 g/mol. The van der Waals surface area contributed by atoms with Gasteiger partial charge >= 0.3 is 0 Å². The number of hydrogen-bond acceptors (Lipinski definition) is 4. The van der Waals surface area contributed by atoms with Gasteiger partial charge in [-0.25, -0.2) is 0 Å². The van der Waals surface area contributed by atoms with E-state index in [4.69, 9.17) is 16.0 Å². The molecule has 0 amide bonds. The van der Waals surface area contributed by atoms with E-state index in [9.17, 15) is 0 Å². The van der Waals surface area contributed by atoms with Gasteiger partial charge in [-0.1, -0.05) is 12.1 Å². The smallest absolute Gasteiger partial charge is 0.152 e. The van der Waals surface area contributed by atoms with Gasteiger partial charge in [-0.3, -0.25) is 0 Å². The van der Waals surface area contributed by atoms with E-state index in [1.165, 1.54) is 0 Å². The second kappa shape index (κ2) is 7.24. The number of aliphatic hydroxyl groups excluding tert-OH is 1. The number of rotatable bonds is 6. The van der Waals surface area contributed by atoms with Crippen LogP contribution in [-0.4, -0.2) is 33.8 Å². The van der Waals surface area contributed by atoms with Crippen LogP contribution in [0.3, 0.4) is 0 Å². The van der Waals surface area contributed by atoms with Crippen LogP contribution in [0.15, 0.2) is 5.16 Å². The molecule has 4 N–H and O–H groups in total. The van der Waals surface area contributed by atoms with Gasteiger partial charge in [0.1, 0.15) is 0 Å². The second-order valence-corrected chi connectivity index (χ2v) is 3.68. The van der Waals surface area contributed by atoms with Crippen molar-refractivity contribution in [2.24, 2.45) is 10.9 Å². The fraction of sp³-hybridized carbons (Fsp3) is 0.857. The third kappa shape index (κ3) is 4.46. The lowest BCUT2D eigenvalue weighted by molar-refractivity contribution is 0.296. The van der Waals surface area contributed by atoms with E-state index in [-0.39, 0.29) is 17.7 Å². The van der Waals surface area contributed by atoms with Gasteiger partial charge in [0.2, 0.25) is 0 Å². The van der Waals surface area contributed by atoms with Crippen LogP contribution in [0.2, 0.25) is 0 Å². The average Bonchev–Trinajstić information content (AvgIpc) is 2.11. The highest BCUT2D eigenvalue weighted by molar-refractivity contribution is 8.00. The van der Waals surface area contributed by atoms with Gasteiger partial charge in [0.15, 0.2) is 5.84 Å². The Hall–Kier alpha value is -0.420. The summed E-state index contributed by atoms with van der Waals surface area (Å²) in [6.45, 7) is 2.17. The van der Waals surface area contributed by atoms with E-state index >= 15 is 0 Å². The minimum atomic E-state index is 0.0709. The van der Waals surface area contributed by atoms with Gasteiger partial charge in [-0.15, -0.1) is 0 Å². The molecule has 0 fully saturated rings. The summed E-state index contributed by atoms with van der Waals surface area (Å²) in [6, 6.07) is 0. The Morgan fingerprint density at radius 3 is 2.75 bits per heavy atom. The van der Waals surface area contributed by atoms with Crippen LogP contribution >= 0.6 is 11.8 Å². The maximum atomic E-state index is 8.52. The van der Waals surface area contributed by atoms with Crippen molar-refractivity contribution in [3.63, 3.8) is 0 Å². The Morgan fingerprint density at radius 2 is 2.33 bits per heavy atom. The molecule has 0 aliphatic heterocycles.